The van der Waals surface area contributed by atoms with Crippen LogP contribution in [0.1, 0.15) is 54.9 Å². The summed E-state index contributed by atoms with van der Waals surface area (Å²) in [7, 11) is 0. The van der Waals surface area contributed by atoms with Crippen molar-refractivity contribution in [2.75, 3.05) is 39.3 Å². The number of hydrogen-bond acceptors (Lipinski definition) is 3. The zero-order valence-corrected chi connectivity index (χ0v) is 18.4. The first kappa shape index (κ1) is 20.3. The molecule has 0 aliphatic heterocycles. The van der Waals surface area contributed by atoms with Crippen LogP contribution in [0.15, 0.2) is 21.0 Å². The molecule has 128 valence electrons. The summed E-state index contributed by atoms with van der Waals surface area (Å²) < 4.78 is 10.4. The molecule has 0 aromatic carbocycles. The summed E-state index contributed by atoms with van der Waals surface area (Å²) in [6.07, 6.45) is 5.91. The summed E-state index contributed by atoms with van der Waals surface area (Å²) >= 11 is -2.98. The van der Waals surface area contributed by atoms with Crippen LogP contribution in [-0.4, -0.2) is 47.8 Å². The molecule has 0 atom stereocenters. The van der Waals surface area contributed by atoms with E-state index in [0.717, 1.165) is 39.3 Å². The first-order valence-electron chi connectivity index (χ1n) is 9.19. The molecule has 1 aliphatic carbocycles. The van der Waals surface area contributed by atoms with Gasteiger partial charge in [0.1, 0.15) is 0 Å². The van der Waals surface area contributed by atoms with Crippen LogP contribution in [-0.2, 0) is 21.1 Å². The molecule has 0 bridgehead atoms. The Hall–Kier alpha value is 0.243. The minimum atomic E-state index is -2.98. The number of hydrogen-bond donors (Lipinski definition) is 0. The van der Waals surface area contributed by atoms with Gasteiger partial charge in [-0.05, 0) is 0 Å². The fourth-order valence-corrected chi connectivity index (χ4v) is 18.9. The first-order chi connectivity index (χ1) is 10.6. The van der Waals surface area contributed by atoms with E-state index in [1.165, 1.54) is 6.42 Å². The molecule has 0 radical (unpaired) electrons. The van der Waals surface area contributed by atoms with Crippen LogP contribution in [0.5, 0.6) is 0 Å². The van der Waals surface area contributed by atoms with Gasteiger partial charge in [-0.25, -0.2) is 0 Å². The van der Waals surface area contributed by atoms with E-state index in [4.69, 9.17) is 0 Å². The van der Waals surface area contributed by atoms with E-state index in [9.17, 15) is 0 Å². The van der Waals surface area contributed by atoms with E-state index in [-0.39, 0.29) is 0 Å². The van der Waals surface area contributed by atoms with E-state index >= 15 is 0 Å². The van der Waals surface area contributed by atoms with Crippen molar-refractivity contribution < 1.29 is 21.1 Å². The maximum atomic E-state index is 2.86. The van der Waals surface area contributed by atoms with Crippen LogP contribution in [0.2, 0.25) is 0 Å². The SMILES string of the molecule is CC[N](CC)[Zr]([C]1=C(C)C=CC1)([N](CC)CC)[N](CC)CC. The standard InChI is InChI=1S/C6H7.3C4H10N.Zr/c1-6-4-2-3-5-6;3*1-3-5-4-2;/h2,4H,3H2,1H3;3*3-4H2,1-2H3;/q;3*-1;+3. The zero-order chi connectivity index (χ0) is 16.8. The van der Waals surface area contributed by atoms with Gasteiger partial charge in [-0.15, -0.1) is 0 Å². The molecule has 0 aromatic heterocycles. The van der Waals surface area contributed by atoms with Gasteiger partial charge in [-0.1, -0.05) is 0 Å². The van der Waals surface area contributed by atoms with Gasteiger partial charge in [0.2, 0.25) is 0 Å². The Labute approximate surface area is 144 Å². The molecule has 0 saturated carbocycles. The van der Waals surface area contributed by atoms with Crippen LogP contribution >= 0.6 is 0 Å². The fourth-order valence-electron chi connectivity index (χ4n) is 4.18. The summed E-state index contributed by atoms with van der Waals surface area (Å²) in [5.41, 5.74) is 1.54. The van der Waals surface area contributed by atoms with Crippen LogP contribution in [0.25, 0.3) is 0 Å². The number of allylic oxidation sites excluding steroid dienone is 4. The third-order valence-corrected chi connectivity index (χ3v) is 19.8. The third-order valence-electron chi connectivity index (χ3n) is 5.18. The molecule has 0 fully saturated rings. The first-order valence-corrected chi connectivity index (χ1v) is 13.7. The second-order valence-corrected chi connectivity index (χ2v) is 15.2. The molecule has 1 rings (SSSR count). The van der Waals surface area contributed by atoms with Crippen molar-refractivity contribution in [3.8, 4) is 0 Å². The average molecular weight is 387 g/mol. The van der Waals surface area contributed by atoms with E-state index in [2.05, 4.69) is 69.1 Å². The van der Waals surface area contributed by atoms with Crippen molar-refractivity contribution in [3.05, 3.63) is 21.0 Å². The van der Waals surface area contributed by atoms with Gasteiger partial charge < -0.3 is 0 Å². The van der Waals surface area contributed by atoms with Crippen molar-refractivity contribution >= 4 is 0 Å². The molecular weight excluding hydrogens is 349 g/mol. The molecule has 1 aliphatic rings. The molecule has 0 unspecified atom stereocenters. The van der Waals surface area contributed by atoms with Gasteiger partial charge in [0, 0.05) is 0 Å². The molecule has 4 heteroatoms. The topological polar surface area (TPSA) is 9.72 Å². The summed E-state index contributed by atoms with van der Waals surface area (Å²) in [4.78, 5) is 0. The monoisotopic (exact) mass is 385 g/mol. The Morgan fingerprint density at radius 1 is 0.773 bits per heavy atom. The summed E-state index contributed by atoms with van der Waals surface area (Å²) in [5, 5.41) is 0. The molecular formula is C18H37N3Zr. The second-order valence-electron chi connectivity index (χ2n) is 5.92. The molecule has 3 nitrogen and oxygen atoms in total. The maximum absolute atomic E-state index is 2.98. The Kier molecular flexibility index (Phi) is 8.78. The van der Waals surface area contributed by atoms with Crippen LogP contribution < -0.4 is 0 Å². The van der Waals surface area contributed by atoms with Crippen LogP contribution in [0.3, 0.4) is 0 Å². The minimum absolute atomic E-state index is 1.16. The Morgan fingerprint density at radius 2 is 1.14 bits per heavy atom. The van der Waals surface area contributed by atoms with Crippen molar-refractivity contribution in [3.63, 3.8) is 0 Å². The van der Waals surface area contributed by atoms with E-state index in [1.54, 1.807) is 8.85 Å². The second kappa shape index (κ2) is 9.52. The Balaban J connectivity index is 3.58. The summed E-state index contributed by atoms with van der Waals surface area (Å²) in [5.74, 6) is 0. The van der Waals surface area contributed by atoms with Crippen LogP contribution in [0.4, 0.5) is 0 Å². The quantitative estimate of drug-likeness (QED) is 0.558. The third kappa shape index (κ3) is 3.51. The molecule has 22 heavy (non-hydrogen) atoms. The van der Waals surface area contributed by atoms with Gasteiger partial charge in [0.15, 0.2) is 0 Å². The van der Waals surface area contributed by atoms with E-state index in [0.29, 0.717) is 0 Å². The van der Waals surface area contributed by atoms with E-state index in [1.807, 2.05) is 0 Å². The predicted octanol–water partition coefficient (Wildman–Crippen LogP) is 4.14. The van der Waals surface area contributed by atoms with Crippen molar-refractivity contribution in [1.29, 1.82) is 0 Å². The van der Waals surface area contributed by atoms with Crippen LogP contribution in [0, 0.1) is 0 Å². The molecule has 0 amide bonds. The number of nitrogens with zero attached hydrogens (tertiary/aromatic N) is 3. The molecule has 0 aromatic rings. The molecule has 0 saturated heterocycles. The number of rotatable bonds is 10. The predicted molar refractivity (Wildman–Crippen MR) is 95.2 cm³/mol. The van der Waals surface area contributed by atoms with Gasteiger partial charge in [-0.2, -0.15) is 0 Å². The zero-order valence-electron chi connectivity index (χ0n) is 15.9. The normalized spacial score (nSPS) is 15.9. The van der Waals surface area contributed by atoms with E-state index < -0.39 is 21.1 Å². The van der Waals surface area contributed by atoms with Gasteiger partial charge in [-0.3, -0.25) is 0 Å². The summed E-state index contributed by atoms with van der Waals surface area (Å²) in [6, 6.07) is 0. The van der Waals surface area contributed by atoms with Gasteiger partial charge >= 0.3 is 145 Å². The van der Waals surface area contributed by atoms with Crippen molar-refractivity contribution in [2.24, 2.45) is 0 Å². The molecule has 0 N–H and O–H groups in total. The summed E-state index contributed by atoms with van der Waals surface area (Å²) in [6.45, 7) is 23.4. The Morgan fingerprint density at radius 3 is 1.36 bits per heavy atom. The average Bonchev–Trinajstić information content (AvgIpc) is 2.96. The fraction of sp³-hybridized carbons (Fsp3) is 0.778. The van der Waals surface area contributed by atoms with Crippen molar-refractivity contribution in [2.45, 2.75) is 54.9 Å². The van der Waals surface area contributed by atoms with Gasteiger partial charge in [0.25, 0.3) is 0 Å². The molecule has 0 spiro atoms. The van der Waals surface area contributed by atoms with Crippen molar-refractivity contribution in [1.82, 2.24) is 8.53 Å². The molecule has 0 heterocycles. The van der Waals surface area contributed by atoms with Gasteiger partial charge in [0.05, 0.1) is 0 Å². The Bertz CT molecular complexity index is 360.